The maximum absolute atomic E-state index is 11.3. The molecule has 0 aliphatic heterocycles. The van der Waals surface area contributed by atoms with Crippen LogP contribution in [0, 0.1) is 0 Å². The number of para-hydroxylation sites is 1. The molecule has 1 aromatic carbocycles. The first-order valence-electron chi connectivity index (χ1n) is 6.30. The molecule has 0 spiro atoms. The number of hydrogen-bond donors (Lipinski definition) is 0. The lowest BCUT2D eigenvalue weighted by Gasteiger charge is -2.14. The highest BCUT2D eigenvalue weighted by atomic mass is 127. The van der Waals surface area contributed by atoms with E-state index in [1.54, 1.807) is 7.11 Å². The molecular weight excluding hydrogens is 355 g/mol. The SMILES string of the molecule is CCCC/C(I)=C(\OC(C)=O)c1ccccc1OC. The first-order valence-corrected chi connectivity index (χ1v) is 7.38. The molecule has 0 heterocycles. The quantitative estimate of drug-likeness (QED) is 0.416. The number of halogens is 1. The predicted octanol–water partition coefficient (Wildman–Crippen LogP) is 4.55. The first kappa shape index (κ1) is 16.0. The van der Waals surface area contributed by atoms with Crippen LogP contribution in [0.1, 0.15) is 38.7 Å². The number of benzene rings is 1. The second-order valence-corrected chi connectivity index (χ2v) is 5.43. The maximum atomic E-state index is 11.3. The molecule has 0 unspecified atom stereocenters. The monoisotopic (exact) mass is 374 g/mol. The second kappa shape index (κ2) is 8.19. The van der Waals surface area contributed by atoms with Crippen molar-refractivity contribution in [3.05, 3.63) is 33.4 Å². The Bertz CT molecular complexity index is 466. The maximum Gasteiger partial charge on any atom is 0.308 e. The van der Waals surface area contributed by atoms with Crippen molar-refractivity contribution >= 4 is 34.3 Å². The van der Waals surface area contributed by atoms with Crippen LogP contribution in [0.4, 0.5) is 0 Å². The van der Waals surface area contributed by atoms with Gasteiger partial charge in [0.15, 0.2) is 5.76 Å². The summed E-state index contributed by atoms with van der Waals surface area (Å²) in [4.78, 5) is 11.3. The lowest BCUT2D eigenvalue weighted by molar-refractivity contribution is -0.134. The summed E-state index contributed by atoms with van der Waals surface area (Å²) in [5.41, 5.74) is 0.820. The molecule has 1 rings (SSSR count). The standard InChI is InChI=1S/C15H19IO3/c1-4-5-9-13(16)15(19-11(2)17)12-8-6-7-10-14(12)18-3/h6-8,10H,4-5,9H2,1-3H3/b15-13+. The number of unbranched alkanes of at least 4 members (excludes halogenated alkanes) is 1. The van der Waals surface area contributed by atoms with E-state index in [9.17, 15) is 4.79 Å². The molecule has 0 saturated carbocycles. The molecule has 104 valence electrons. The fourth-order valence-corrected chi connectivity index (χ4v) is 2.46. The zero-order valence-electron chi connectivity index (χ0n) is 11.5. The molecule has 0 aliphatic carbocycles. The minimum atomic E-state index is -0.313. The summed E-state index contributed by atoms with van der Waals surface area (Å²) >= 11 is 2.24. The topological polar surface area (TPSA) is 35.5 Å². The average molecular weight is 374 g/mol. The lowest BCUT2D eigenvalue weighted by atomic mass is 10.1. The van der Waals surface area contributed by atoms with Crippen LogP contribution >= 0.6 is 22.6 Å². The van der Waals surface area contributed by atoms with E-state index >= 15 is 0 Å². The molecule has 1 aromatic rings. The highest BCUT2D eigenvalue weighted by Crippen LogP contribution is 2.33. The highest BCUT2D eigenvalue weighted by Gasteiger charge is 2.15. The predicted molar refractivity (Wildman–Crippen MR) is 85.2 cm³/mol. The average Bonchev–Trinajstić information content (AvgIpc) is 2.42. The van der Waals surface area contributed by atoms with Crippen LogP contribution in [0.5, 0.6) is 5.75 Å². The van der Waals surface area contributed by atoms with Crippen LogP contribution in [-0.2, 0) is 9.53 Å². The summed E-state index contributed by atoms with van der Waals surface area (Å²) < 4.78 is 11.8. The van der Waals surface area contributed by atoms with Crippen LogP contribution in [-0.4, -0.2) is 13.1 Å². The molecule has 0 radical (unpaired) electrons. The Morgan fingerprint density at radius 3 is 2.58 bits per heavy atom. The zero-order chi connectivity index (χ0) is 14.3. The number of allylic oxidation sites excluding steroid dienone is 1. The van der Waals surface area contributed by atoms with Crippen molar-refractivity contribution in [2.45, 2.75) is 33.1 Å². The van der Waals surface area contributed by atoms with Gasteiger partial charge in [-0.15, -0.1) is 0 Å². The van der Waals surface area contributed by atoms with Gasteiger partial charge in [-0.25, -0.2) is 0 Å². The van der Waals surface area contributed by atoms with E-state index in [0.717, 1.165) is 28.4 Å². The molecule has 0 aliphatic rings. The highest BCUT2D eigenvalue weighted by molar-refractivity contribution is 14.1. The van der Waals surface area contributed by atoms with Gasteiger partial charge in [0.1, 0.15) is 5.75 Å². The van der Waals surface area contributed by atoms with Gasteiger partial charge in [0.2, 0.25) is 0 Å². The molecule has 0 fully saturated rings. The Morgan fingerprint density at radius 2 is 2.00 bits per heavy atom. The first-order chi connectivity index (χ1) is 9.10. The Labute approximate surface area is 128 Å². The number of hydrogen-bond acceptors (Lipinski definition) is 3. The van der Waals surface area contributed by atoms with Crippen molar-refractivity contribution in [3.8, 4) is 5.75 Å². The van der Waals surface area contributed by atoms with Crippen molar-refractivity contribution in [2.75, 3.05) is 7.11 Å². The number of esters is 1. The zero-order valence-corrected chi connectivity index (χ0v) is 13.7. The Kier molecular flexibility index (Phi) is 6.91. The number of rotatable bonds is 6. The van der Waals surface area contributed by atoms with Gasteiger partial charge >= 0.3 is 5.97 Å². The van der Waals surface area contributed by atoms with E-state index in [0.29, 0.717) is 11.5 Å². The van der Waals surface area contributed by atoms with Gasteiger partial charge in [-0.05, 0) is 47.6 Å². The van der Waals surface area contributed by atoms with Crippen molar-refractivity contribution < 1.29 is 14.3 Å². The Morgan fingerprint density at radius 1 is 1.32 bits per heavy atom. The normalized spacial score (nSPS) is 11.8. The van der Waals surface area contributed by atoms with Crippen LogP contribution in [0.25, 0.3) is 5.76 Å². The lowest BCUT2D eigenvalue weighted by Crippen LogP contribution is -2.02. The van der Waals surface area contributed by atoms with Crippen LogP contribution < -0.4 is 4.74 Å². The van der Waals surface area contributed by atoms with E-state index in [1.807, 2.05) is 24.3 Å². The third kappa shape index (κ3) is 4.86. The van der Waals surface area contributed by atoms with Gasteiger partial charge in [0, 0.05) is 10.5 Å². The summed E-state index contributed by atoms with van der Waals surface area (Å²) in [6.07, 6.45) is 3.07. The van der Waals surface area contributed by atoms with E-state index in [-0.39, 0.29) is 5.97 Å². The molecule has 0 amide bonds. The number of methoxy groups -OCH3 is 1. The molecule has 19 heavy (non-hydrogen) atoms. The molecule has 0 bridgehead atoms. The van der Waals surface area contributed by atoms with Gasteiger partial charge < -0.3 is 9.47 Å². The number of carbonyl (C=O) groups excluding carboxylic acids is 1. The largest absolute Gasteiger partial charge is 0.496 e. The van der Waals surface area contributed by atoms with E-state index in [2.05, 4.69) is 29.5 Å². The molecule has 0 saturated heterocycles. The third-order valence-electron chi connectivity index (χ3n) is 2.59. The summed E-state index contributed by atoms with van der Waals surface area (Å²) in [7, 11) is 1.61. The summed E-state index contributed by atoms with van der Waals surface area (Å²) in [5.74, 6) is 1.01. The minimum Gasteiger partial charge on any atom is -0.496 e. The van der Waals surface area contributed by atoms with Crippen LogP contribution in [0.2, 0.25) is 0 Å². The van der Waals surface area contributed by atoms with Crippen molar-refractivity contribution in [1.82, 2.24) is 0 Å². The second-order valence-electron chi connectivity index (χ2n) is 4.13. The molecule has 0 aromatic heterocycles. The molecule has 3 nitrogen and oxygen atoms in total. The van der Waals surface area contributed by atoms with E-state index in [4.69, 9.17) is 9.47 Å². The third-order valence-corrected chi connectivity index (χ3v) is 3.62. The van der Waals surface area contributed by atoms with Gasteiger partial charge in [0.25, 0.3) is 0 Å². The van der Waals surface area contributed by atoms with Gasteiger partial charge in [-0.2, -0.15) is 0 Å². The number of carbonyl (C=O) groups is 1. The van der Waals surface area contributed by atoms with Crippen LogP contribution in [0.3, 0.4) is 0 Å². The smallest absolute Gasteiger partial charge is 0.308 e. The van der Waals surface area contributed by atoms with Crippen LogP contribution in [0.15, 0.2) is 27.8 Å². The minimum absolute atomic E-state index is 0.313. The molecule has 0 N–H and O–H groups in total. The Balaban J connectivity index is 3.19. The van der Waals surface area contributed by atoms with E-state index < -0.39 is 0 Å². The van der Waals surface area contributed by atoms with Crippen molar-refractivity contribution in [3.63, 3.8) is 0 Å². The number of ether oxygens (including phenoxy) is 2. The van der Waals surface area contributed by atoms with Gasteiger partial charge in [0.05, 0.1) is 12.7 Å². The summed E-state index contributed by atoms with van der Waals surface area (Å²) in [6, 6.07) is 7.57. The van der Waals surface area contributed by atoms with Crippen molar-refractivity contribution in [1.29, 1.82) is 0 Å². The molecule has 0 atom stereocenters. The van der Waals surface area contributed by atoms with Crippen molar-refractivity contribution in [2.24, 2.45) is 0 Å². The summed E-state index contributed by atoms with van der Waals surface area (Å²) in [6.45, 7) is 3.55. The fourth-order valence-electron chi connectivity index (χ4n) is 1.68. The fraction of sp³-hybridized carbons (Fsp3) is 0.400. The Hall–Kier alpha value is -1.04. The van der Waals surface area contributed by atoms with Gasteiger partial charge in [-0.1, -0.05) is 25.5 Å². The molecule has 4 heteroatoms. The van der Waals surface area contributed by atoms with Gasteiger partial charge in [-0.3, -0.25) is 4.79 Å². The molecular formula is C15H19IO3. The van der Waals surface area contributed by atoms with E-state index in [1.165, 1.54) is 6.92 Å². The summed E-state index contributed by atoms with van der Waals surface area (Å²) in [5, 5.41) is 0.